The zero-order chi connectivity index (χ0) is 14.2. The Morgan fingerprint density at radius 1 is 1.21 bits per heavy atom. The number of nitriles is 1. The van der Waals surface area contributed by atoms with Crippen molar-refractivity contribution in [2.24, 2.45) is 0 Å². The Morgan fingerprint density at radius 3 is 2.47 bits per heavy atom. The number of hydrogen-bond donors (Lipinski definition) is 0. The van der Waals surface area contributed by atoms with E-state index in [4.69, 9.17) is 10.2 Å². The van der Waals surface area contributed by atoms with Crippen molar-refractivity contribution in [3.05, 3.63) is 40.6 Å². The molecular weight excluding hydrogens is 232 g/mol. The molecule has 19 heavy (non-hydrogen) atoms. The Balaban J connectivity index is 2.85. The van der Waals surface area contributed by atoms with E-state index in [0.29, 0.717) is 6.42 Å². The average Bonchev–Trinajstić information content (AvgIpc) is 2.33. The Morgan fingerprint density at radius 2 is 1.89 bits per heavy atom. The maximum absolute atomic E-state index is 9.03. The van der Waals surface area contributed by atoms with Gasteiger partial charge in [-0.1, -0.05) is 32.9 Å². The summed E-state index contributed by atoms with van der Waals surface area (Å²) in [7, 11) is 0. The second-order valence-corrected chi connectivity index (χ2v) is 6.16. The zero-order valence-corrected chi connectivity index (χ0v) is 12.3. The zero-order valence-electron chi connectivity index (χ0n) is 12.3. The van der Waals surface area contributed by atoms with E-state index in [1.165, 1.54) is 11.1 Å². The Kier molecular flexibility index (Phi) is 3.32. The van der Waals surface area contributed by atoms with Gasteiger partial charge in [-0.25, -0.2) is 0 Å². The van der Waals surface area contributed by atoms with Crippen LogP contribution in [0.15, 0.2) is 18.2 Å². The first kappa shape index (κ1) is 13.5. The molecule has 0 radical (unpaired) electrons. The number of benzene rings is 1. The summed E-state index contributed by atoms with van der Waals surface area (Å²) < 4.78 is 0. The molecule has 2 nitrogen and oxygen atoms in total. The van der Waals surface area contributed by atoms with Gasteiger partial charge < -0.3 is 0 Å². The molecule has 0 amide bonds. The topological polar surface area (TPSA) is 36.7 Å². The third-order valence-electron chi connectivity index (χ3n) is 3.63. The van der Waals surface area contributed by atoms with Gasteiger partial charge >= 0.3 is 0 Å². The second-order valence-electron chi connectivity index (χ2n) is 6.16. The van der Waals surface area contributed by atoms with E-state index >= 15 is 0 Å². The van der Waals surface area contributed by atoms with Crippen LogP contribution in [0.3, 0.4) is 0 Å². The molecule has 0 atom stereocenters. The van der Waals surface area contributed by atoms with Crippen LogP contribution in [0.2, 0.25) is 0 Å². The van der Waals surface area contributed by atoms with E-state index in [0.717, 1.165) is 22.2 Å². The van der Waals surface area contributed by atoms with Crippen molar-refractivity contribution in [3.63, 3.8) is 0 Å². The number of aromatic nitrogens is 1. The Bertz CT molecular complexity index is 670. The predicted octanol–water partition coefficient (Wildman–Crippen LogP) is 4.22. The molecule has 0 aliphatic carbocycles. The highest BCUT2D eigenvalue weighted by atomic mass is 14.7. The molecule has 1 aromatic heterocycles. The lowest BCUT2D eigenvalue weighted by Crippen LogP contribution is -2.14. The standard InChI is InChI=1S/C17H20N2/c1-11-6-7-14-13(8-9-18)10-15(17(3,4)5)19-16(14)12(11)2/h6-7,10H,8H2,1-5H3. The van der Waals surface area contributed by atoms with Gasteiger partial charge in [-0.2, -0.15) is 5.26 Å². The third-order valence-corrected chi connectivity index (χ3v) is 3.63. The van der Waals surface area contributed by atoms with Crippen LogP contribution in [0, 0.1) is 25.2 Å². The van der Waals surface area contributed by atoms with E-state index in [9.17, 15) is 0 Å². The normalized spacial score (nSPS) is 11.6. The Hall–Kier alpha value is -1.88. The third kappa shape index (κ3) is 2.46. The number of hydrogen-bond acceptors (Lipinski definition) is 2. The van der Waals surface area contributed by atoms with Crippen LogP contribution in [-0.2, 0) is 11.8 Å². The molecule has 2 heteroatoms. The van der Waals surface area contributed by atoms with E-state index in [2.05, 4.69) is 58.9 Å². The second kappa shape index (κ2) is 4.66. The van der Waals surface area contributed by atoms with Crippen molar-refractivity contribution in [3.8, 4) is 6.07 Å². The summed E-state index contributed by atoms with van der Waals surface area (Å²) in [4.78, 5) is 4.84. The van der Waals surface area contributed by atoms with Crippen LogP contribution in [0.1, 0.15) is 43.2 Å². The molecule has 0 aliphatic heterocycles. The van der Waals surface area contributed by atoms with Crippen molar-refractivity contribution in [2.75, 3.05) is 0 Å². The fourth-order valence-corrected chi connectivity index (χ4v) is 2.22. The van der Waals surface area contributed by atoms with Crippen LogP contribution < -0.4 is 0 Å². The summed E-state index contributed by atoms with van der Waals surface area (Å²) in [5, 5.41) is 10.1. The molecule has 0 saturated heterocycles. The first-order chi connectivity index (χ1) is 8.84. The van der Waals surface area contributed by atoms with E-state index in [1.807, 2.05) is 0 Å². The van der Waals surface area contributed by atoms with E-state index in [1.54, 1.807) is 0 Å². The number of nitrogens with zero attached hydrogens (tertiary/aromatic N) is 2. The smallest absolute Gasteiger partial charge is 0.0740 e. The SMILES string of the molecule is Cc1ccc2c(CC#N)cc(C(C)(C)C)nc2c1C. The molecule has 0 saturated carbocycles. The van der Waals surface area contributed by atoms with Crippen molar-refractivity contribution >= 4 is 10.9 Å². The molecular formula is C17H20N2. The predicted molar refractivity (Wildman–Crippen MR) is 79.2 cm³/mol. The maximum atomic E-state index is 9.03. The van der Waals surface area contributed by atoms with Crippen molar-refractivity contribution in [1.29, 1.82) is 5.26 Å². The van der Waals surface area contributed by atoms with E-state index < -0.39 is 0 Å². The molecule has 2 aromatic rings. The number of pyridine rings is 1. The molecule has 2 rings (SSSR count). The maximum Gasteiger partial charge on any atom is 0.0740 e. The van der Waals surface area contributed by atoms with Crippen molar-refractivity contribution < 1.29 is 0 Å². The first-order valence-electron chi connectivity index (χ1n) is 6.62. The van der Waals surface area contributed by atoms with Gasteiger partial charge in [0, 0.05) is 16.5 Å². The molecule has 98 valence electrons. The summed E-state index contributed by atoms with van der Waals surface area (Å²) in [6.07, 6.45) is 0.435. The Labute approximate surface area is 115 Å². The summed E-state index contributed by atoms with van der Waals surface area (Å²) in [5.41, 5.74) is 5.63. The van der Waals surface area contributed by atoms with Crippen LogP contribution in [-0.4, -0.2) is 4.98 Å². The monoisotopic (exact) mass is 252 g/mol. The molecule has 0 fully saturated rings. The number of fused-ring (bicyclic) bond motifs is 1. The van der Waals surface area contributed by atoms with Crippen LogP contribution in [0.25, 0.3) is 10.9 Å². The minimum atomic E-state index is -0.00538. The van der Waals surface area contributed by atoms with Gasteiger partial charge in [-0.05, 0) is 36.6 Å². The molecule has 0 unspecified atom stereocenters. The largest absolute Gasteiger partial charge is 0.252 e. The molecule has 0 spiro atoms. The van der Waals surface area contributed by atoms with Gasteiger partial charge in [-0.15, -0.1) is 0 Å². The highest BCUT2D eigenvalue weighted by molar-refractivity contribution is 5.86. The number of rotatable bonds is 1. The van der Waals surface area contributed by atoms with Crippen LogP contribution >= 0.6 is 0 Å². The minimum absolute atomic E-state index is 0.00538. The van der Waals surface area contributed by atoms with Crippen molar-refractivity contribution in [2.45, 2.75) is 46.5 Å². The summed E-state index contributed by atoms with van der Waals surface area (Å²) in [5.74, 6) is 0. The number of aryl methyl sites for hydroxylation is 2. The van der Waals surface area contributed by atoms with Gasteiger partial charge in [0.25, 0.3) is 0 Å². The van der Waals surface area contributed by atoms with Gasteiger partial charge in [0.05, 0.1) is 18.0 Å². The summed E-state index contributed by atoms with van der Waals surface area (Å²) >= 11 is 0. The molecule has 0 bridgehead atoms. The van der Waals surface area contributed by atoms with Gasteiger partial charge in [0.1, 0.15) is 0 Å². The van der Waals surface area contributed by atoms with Gasteiger partial charge in [-0.3, -0.25) is 4.98 Å². The highest BCUT2D eigenvalue weighted by Crippen LogP contribution is 2.29. The van der Waals surface area contributed by atoms with Gasteiger partial charge in [0.15, 0.2) is 0 Å². The van der Waals surface area contributed by atoms with Crippen LogP contribution in [0.4, 0.5) is 0 Å². The molecule has 1 aromatic carbocycles. The first-order valence-corrected chi connectivity index (χ1v) is 6.62. The molecule has 0 N–H and O–H groups in total. The lowest BCUT2D eigenvalue weighted by Gasteiger charge is -2.20. The fourth-order valence-electron chi connectivity index (χ4n) is 2.22. The minimum Gasteiger partial charge on any atom is -0.252 e. The quantitative estimate of drug-likeness (QED) is 0.762. The molecule has 0 aliphatic rings. The van der Waals surface area contributed by atoms with Crippen LogP contribution in [0.5, 0.6) is 0 Å². The fraction of sp³-hybridized carbons (Fsp3) is 0.412. The summed E-state index contributed by atoms with van der Waals surface area (Å²) in [6, 6.07) is 8.54. The van der Waals surface area contributed by atoms with Crippen molar-refractivity contribution in [1.82, 2.24) is 4.98 Å². The lowest BCUT2D eigenvalue weighted by molar-refractivity contribution is 0.570. The van der Waals surface area contributed by atoms with Gasteiger partial charge in [0.2, 0.25) is 0 Å². The lowest BCUT2D eigenvalue weighted by atomic mass is 9.88. The highest BCUT2D eigenvalue weighted by Gasteiger charge is 2.18. The average molecular weight is 252 g/mol. The van der Waals surface area contributed by atoms with E-state index in [-0.39, 0.29) is 5.41 Å². The molecule has 1 heterocycles. The summed E-state index contributed by atoms with van der Waals surface area (Å²) in [6.45, 7) is 10.7.